The molecule has 0 saturated heterocycles. The zero-order valence-corrected chi connectivity index (χ0v) is 14.4. The highest BCUT2D eigenvalue weighted by Crippen LogP contribution is 2.29. The van der Waals surface area contributed by atoms with Crippen LogP contribution in [-0.4, -0.2) is 32.5 Å². The second-order valence-corrected chi connectivity index (χ2v) is 6.61. The zero-order valence-electron chi connectivity index (χ0n) is 12.8. The van der Waals surface area contributed by atoms with Crippen LogP contribution in [0.4, 0.5) is 0 Å². The van der Waals surface area contributed by atoms with E-state index in [1.54, 1.807) is 0 Å². The van der Waals surface area contributed by atoms with Crippen molar-refractivity contribution in [2.75, 3.05) is 6.54 Å². The Balaban J connectivity index is 2.15. The van der Waals surface area contributed by atoms with Crippen molar-refractivity contribution in [1.29, 1.82) is 0 Å². The molecule has 5 nitrogen and oxygen atoms in total. The average Bonchev–Trinajstić information content (AvgIpc) is 2.86. The van der Waals surface area contributed by atoms with E-state index < -0.39 is 0 Å². The number of rotatable bonds is 6. The molecule has 1 aromatic heterocycles. The number of aromatic nitrogens is 3. The van der Waals surface area contributed by atoms with Crippen molar-refractivity contribution in [3.05, 3.63) is 29.3 Å². The van der Waals surface area contributed by atoms with Gasteiger partial charge in [0, 0.05) is 19.2 Å². The number of halogens is 1. The van der Waals surface area contributed by atoms with Crippen molar-refractivity contribution in [2.45, 2.75) is 30.7 Å². The molecule has 0 aliphatic carbocycles. The zero-order chi connectivity index (χ0) is 16.1. The molecule has 2 aromatic rings. The molecule has 1 amide bonds. The second kappa shape index (κ2) is 7.65. The molecule has 1 atom stereocenters. The third-order valence-electron chi connectivity index (χ3n) is 3.15. The van der Waals surface area contributed by atoms with E-state index in [0.717, 1.165) is 12.0 Å². The van der Waals surface area contributed by atoms with Crippen LogP contribution >= 0.6 is 23.4 Å². The Morgan fingerprint density at radius 3 is 2.82 bits per heavy atom. The Labute approximate surface area is 139 Å². The summed E-state index contributed by atoms with van der Waals surface area (Å²) in [6.45, 7) is 4.57. The molecule has 2 rings (SSSR count). The number of nitrogens with zero attached hydrogens (tertiary/aromatic N) is 3. The fourth-order valence-corrected chi connectivity index (χ4v) is 2.96. The van der Waals surface area contributed by atoms with Gasteiger partial charge in [0.2, 0.25) is 5.91 Å². The molecule has 0 bridgehead atoms. The largest absolute Gasteiger partial charge is 0.355 e. The number of amides is 1. The number of hydrogen-bond donors (Lipinski definition) is 1. The van der Waals surface area contributed by atoms with Gasteiger partial charge in [0.1, 0.15) is 0 Å². The highest BCUT2D eigenvalue weighted by molar-refractivity contribution is 8.00. The molecule has 0 saturated carbocycles. The number of hydrogen-bond acceptors (Lipinski definition) is 4. The summed E-state index contributed by atoms with van der Waals surface area (Å²) in [6.07, 6.45) is 0.920. The topological polar surface area (TPSA) is 59.8 Å². The van der Waals surface area contributed by atoms with Crippen molar-refractivity contribution in [1.82, 2.24) is 20.1 Å². The van der Waals surface area contributed by atoms with Gasteiger partial charge in [-0.25, -0.2) is 0 Å². The minimum atomic E-state index is -0.228. The van der Waals surface area contributed by atoms with Crippen LogP contribution in [0.2, 0.25) is 5.02 Å². The molecule has 0 aliphatic heterocycles. The molecular formula is C15H19ClN4OS. The maximum atomic E-state index is 11.9. The summed E-state index contributed by atoms with van der Waals surface area (Å²) in [5.41, 5.74) is 0.828. The van der Waals surface area contributed by atoms with Gasteiger partial charge in [-0.2, -0.15) is 0 Å². The lowest BCUT2D eigenvalue weighted by molar-refractivity contribution is -0.120. The average molecular weight is 339 g/mol. The first kappa shape index (κ1) is 16.8. The Morgan fingerprint density at radius 2 is 2.14 bits per heavy atom. The van der Waals surface area contributed by atoms with Gasteiger partial charge in [-0.3, -0.25) is 4.79 Å². The van der Waals surface area contributed by atoms with Crippen LogP contribution in [-0.2, 0) is 11.8 Å². The smallest absolute Gasteiger partial charge is 0.233 e. The van der Waals surface area contributed by atoms with Crippen LogP contribution < -0.4 is 5.32 Å². The van der Waals surface area contributed by atoms with Gasteiger partial charge in [-0.15, -0.1) is 10.2 Å². The van der Waals surface area contributed by atoms with Crippen molar-refractivity contribution in [3.8, 4) is 11.4 Å². The first-order chi connectivity index (χ1) is 10.5. The highest BCUT2D eigenvalue weighted by Gasteiger charge is 2.19. The number of carbonyl (C=O) groups excluding carboxylic acids is 1. The molecule has 118 valence electrons. The minimum absolute atomic E-state index is 0.00847. The Bertz CT molecular complexity index is 659. The van der Waals surface area contributed by atoms with Crippen molar-refractivity contribution in [3.63, 3.8) is 0 Å². The molecule has 0 spiro atoms. The van der Waals surface area contributed by atoms with Crippen LogP contribution in [0.5, 0.6) is 0 Å². The predicted molar refractivity (Wildman–Crippen MR) is 90.1 cm³/mol. The van der Waals surface area contributed by atoms with E-state index in [2.05, 4.69) is 15.5 Å². The van der Waals surface area contributed by atoms with E-state index in [1.807, 2.05) is 49.7 Å². The molecule has 0 aliphatic rings. The first-order valence-electron chi connectivity index (χ1n) is 7.13. The summed E-state index contributed by atoms with van der Waals surface area (Å²) < 4.78 is 1.86. The van der Waals surface area contributed by atoms with Gasteiger partial charge in [0.05, 0.1) is 10.3 Å². The van der Waals surface area contributed by atoms with E-state index in [1.165, 1.54) is 11.8 Å². The molecule has 0 radical (unpaired) electrons. The molecule has 1 heterocycles. The quantitative estimate of drug-likeness (QED) is 0.822. The van der Waals surface area contributed by atoms with Crippen molar-refractivity contribution < 1.29 is 4.79 Å². The standard InChI is InChI=1S/C15H19ClN4OS/c1-4-9-17-14(21)10(2)22-15-19-18-13(20(15)3)11-7-5-6-8-12(11)16/h5-8,10H,4,9H2,1-3H3,(H,17,21)/t10-/m1/s1. The Morgan fingerprint density at radius 1 is 1.41 bits per heavy atom. The lowest BCUT2D eigenvalue weighted by atomic mass is 10.2. The van der Waals surface area contributed by atoms with E-state index in [0.29, 0.717) is 22.5 Å². The van der Waals surface area contributed by atoms with E-state index in [-0.39, 0.29) is 11.2 Å². The van der Waals surface area contributed by atoms with Crippen LogP contribution in [0, 0.1) is 0 Å². The van der Waals surface area contributed by atoms with Crippen LogP contribution in [0.1, 0.15) is 20.3 Å². The maximum absolute atomic E-state index is 11.9. The SMILES string of the molecule is CCCNC(=O)[C@@H](C)Sc1nnc(-c2ccccc2Cl)n1C. The van der Waals surface area contributed by atoms with E-state index >= 15 is 0 Å². The number of thioether (sulfide) groups is 1. The lowest BCUT2D eigenvalue weighted by Crippen LogP contribution is -2.31. The van der Waals surface area contributed by atoms with E-state index in [9.17, 15) is 4.79 Å². The predicted octanol–water partition coefficient (Wildman–Crippen LogP) is 3.14. The molecule has 22 heavy (non-hydrogen) atoms. The lowest BCUT2D eigenvalue weighted by Gasteiger charge is -2.11. The van der Waals surface area contributed by atoms with Gasteiger partial charge in [-0.05, 0) is 25.5 Å². The summed E-state index contributed by atoms with van der Waals surface area (Å²) in [4.78, 5) is 11.9. The summed E-state index contributed by atoms with van der Waals surface area (Å²) in [5, 5.41) is 12.3. The van der Waals surface area contributed by atoms with Gasteiger partial charge in [0.25, 0.3) is 0 Å². The summed E-state index contributed by atoms with van der Waals surface area (Å²) in [7, 11) is 1.87. The van der Waals surface area contributed by atoms with Crippen molar-refractivity contribution >= 4 is 29.3 Å². The maximum Gasteiger partial charge on any atom is 0.233 e. The van der Waals surface area contributed by atoms with Gasteiger partial charge in [0.15, 0.2) is 11.0 Å². The number of benzene rings is 1. The first-order valence-corrected chi connectivity index (χ1v) is 8.39. The Hall–Kier alpha value is -1.53. The van der Waals surface area contributed by atoms with Gasteiger partial charge in [-0.1, -0.05) is 42.4 Å². The van der Waals surface area contributed by atoms with Crippen LogP contribution in [0.25, 0.3) is 11.4 Å². The van der Waals surface area contributed by atoms with Crippen LogP contribution in [0.3, 0.4) is 0 Å². The monoisotopic (exact) mass is 338 g/mol. The summed E-state index contributed by atoms with van der Waals surface area (Å²) >= 11 is 7.59. The molecule has 0 fully saturated rings. The molecule has 0 unspecified atom stereocenters. The van der Waals surface area contributed by atoms with Crippen molar-refractivity contribution in [2.24, 2.45) is 7.05 Å². The minimum Gasteiger partial charge on any atom is -0.355 e. The number of carbonyl (C=O) groups is 1. The summed E-state index contributed by atoms with van der Waals surface area (Å²) in [6, 6.07) is 7.50. The van der Waals surface area contributed by atoms with Gasteiger partial charge < -0.3 is 9.88 Å². The summed E-state index contributed by atoms with van der Waals surface area (Å²) in [5.74, 6) is 0.698. The van der Waals surface area contributed by atoms with Crippen LogP contribution in [0.15, 0.2) is 29.4 Å². The van der Waals surface area contributed by atoms with E-state index in [4.69, 9.17) is 11.6 Å². The third-order valence-corrected chi connectivity index (χ3v) is 4.61. The third kappa shape index (κ3) is 3.81. The molecule has 1 aromatic carbocycles. The molecular weight excluding hydrogens is 320 g/mol. The number of nitrogens with one attached hydrogen (secondary N) is 1. The fraction of sp³-hybridized carbons (Fsp3) is 0.400. The fourth-order valence-electron chi connectivity index (χ4n) is 1.90. The van der Waals surface area contributed by atoms with Gasteiger partial charge >= 0.3 is 0 Å². The normalized spacial score (nSPS) is 12.2. The second-order valence-electron chi connectivity index (χ2n) is 4.90. The Kier molecular flexibility index (Phi) is 5.85. The molecule has 1 N–H and O–H groups in total. The highest BCUT2D eigenvalue weighted by atomic mass is 35.5. The molecule has 7 heteroatoms.